The van der Waals surface area contributed by atoms with Gasteiger partial charge < -0.3 is 15.2 Å². The first-order valence-corrected chi connectivity index (χ1v) is 6.96. The number of pyridine rings is 1. The molecule has 1 unspecified atom stereocenters. The van der Waals surface area contributed by atoms with Crippen LogP contribution < -0.4 is 5.32 Å². The van der Waals surface area contributed by atoms with Crippen LogP contribution in [0, 0.1) is 0 Å². The van der Waals surface area contributed by atoms with E-state index in [9.17, 15) is 0 Å². The SMILES string of the molecule is CCCNc1ncccc1CN1CCOC(CO)C1. The van der Waals surface area contributed by atoms with Gasteiger partial charge in [-0.05, 0) is 12.5 Å². The second-order valence-electron chi connectivity index (χ2n) is 4.85. The third-order valence-electron chi connectivity index (χ3n) is 3.25. The highest BCUT2D eigenvalue weighted by Crippen LogP contribution is 2.16. The second-order valence-corrected chi connectivity index (χ2v) is 4.85. The van der Waals surface area contributed by atoms with Crippen molar-refractivity contribution < 1.29 is 9.84 Å². The van der Waals surface area contributed by atoms with E-state index in [-0.39, 0.29) is 12.7 Å². The molecule has 1 aliphatic heterocycles. The first kappa shape index (κ1) is 14.2. The fraction of sp³-hybridized carbons (Fsp3) is 0.643. The van der Waals surface area contributed by atoms with E-state index in [4.69, 9.17) is 9.84 Å². The van der Waals surface area contributed by atoms with Gasteiger partial charge in [0, 0.05) is 37.9 Å². The zero-order valence-electron chi connectivity index (χ0n) is 11.5. The highest BCUT2D eigenvalue weighted by atomic mass is 16.5. The van der Waals surface area contributed by atoms with E-state index in [1.54, 1.807) is 0 Å². The molecular weight excluding hydrogens is 242 g/mol. The number of aromatic nitrogens is 1. The number of aliphatic hydroxyl groups is 1. The van der Waals surface area contributed by atoms with Gasteiger partial charge in [0.25, 0.3) is 0 Å². The van der Waals surface area contributed by atoms with Crippen LogP contribution in [0.4, 0.5) is 5.82 Å². The molecule has 1 aliphatic rings. The monoisotopic (exact) mass is 265 g/mol. The molecule has 1 aromatic heterocycles. The van der Waals surface area contributed by atoms with Gasteiger partial charge in [0.2, 0.25) is 0 Å². The molecule has 1 aromatic rings. The van der Waals surface area contributed by atoms with E-state index in [2.05, 4.69) is 28.2 Å². The molecule has 1 fully saturated rings. The molecule has 2 N–H and O–H groups in total. The minimum atomic E-state index is -0.0579. The molecule has 5 nitrogen and oxygen atoms in total. The van der Waals surface area contributed by atoms with Gasteiger partial charge in [-0.25, -0.2) is 4.98 Å². The van der Waals surface area contributed by atoms with E-state index in [0.29, 0.717) is 6.61 Å². The largest absolute Gasteiger partial charge is 0.394 e. The van der Waals surface area contributed by atoms with Crippen molar-refractivity contribution in [2.75, 3.05) is 38.2 Å². The summed E-state index contributed by atoms with van der Waals surface area (Å²) < 4.78 is 5.47. The normalized spacial score (nSPS) is 20.4. The Bertz CT molecular complexity index is 387. The van der Waals surface area contributed by atoms with Crippen LogP contribution in [0.3, 0.4) is 0 Å². The predicted octanol–water partition coefficient (Wildman–Crippen LogP) is 1.10. The molecule has 5 heteroatoms. The first-order chi connectivity index (χ1) is 9.33. The number of anilines is 1. The lowest BCUT2D eigenvalue weighted by molar-refractivity contribution is -0.0550. The molecule has 1 atom stereocenters. The Kier molecular flexibility index (Phi) is 5.57. The highest BCUT2D eigenvalue weighted by molar-refractivity contribution is 5.43. The van der Waals surface area contributed by atoms with Gasteiger partial charge in [0.15, 0.2) is 0 Å². The van der Waals surface area contributed by atoms with Crippen molar-refractivity contribution in [1.29, 1.82) is 0 Å². The number of morpholine rings is 1. The quantitative estimate of drug-likeness (QED) is 0.806. The van der Waals surface area contributed by atoms with Gasteiger partial charge in [-0.15, -0.1) is 0 Å². The fourth-order valence-corrected chi connectivity index (χ4v) is 2.24. The Morgan fingerprint density at radius 2 is 2.47 bits per heavy atom. The third kappa shape index (κ3) is 4.16. The Morgan fingerprint density at radius 1 is 1.58 bits per heavy atom. The van der Waals surface area contributed by atoms with Gasteiger partial charge in [0.1, 0.15) is 5.82 Å². The van der Waals surface area contributed by atoms with E-state index in [1.807, 2.05) is 12.3 Å². The molecule has 2 heterocycles. The van der Waals surface area contributed by atoms with Crippen LogP contribution in [-0.4, -0.2) is 53.9 Å². The number of nitrogens with zero attached hydrogens (tertiary/aromatic N) is 2. The van der Waals surface area contributed by atoms with Crippen LogP contribution >= 0.6 is 0 Å². The van der Waals surface area contributed by atoms with E-state index in [1.165, 1.54) is 5.56 Å². The molecule has 1 saturated heterocycles. The van der Waals surface area contributed by atoms with E-state index < -0.39 is 0 Å². The Balaban J connectivity index is 1.97. The minimum Gasteiger partial charge on any atom is -0.394 e. The van der Waals surface area contributed by atoms with Crippen molar-refractivity contribution in [2.24, 2.45) is 0 Å². The lowest BCUT2D eigenvalue weighted by Crippen LogP contribution is -2.43. The molecule has 0 radical (unpaired) electrons. The molecule has 0 spiro atoms. The summed E-state index contributed by atoms with van der Waals surface area (Å²) in [6.07, 6.45) is 2.84. The van der Waals surface area contributed by atoms with Gasteiger partial charge in [-0.1, -0.05) is 13.0 Å². The van der Waals surface area contributed by atoms with Crippen LogP contribution in [0.15, 0.2) is 18.3 Å². The standard InChI is InChI=1S/C14H23N3O2/c1-2-5-15-14-12(4-3-6-16-14)9-17-7-8-19-13(10-17)11-18/h3-4,6,13,18H,2,5,7-11H2,1H3,(H,15,16). The van der Waals surface area contributed by atoms with Crippen LogP contribution in [-0.2, 0) is 11.3 Å². The van der Waals surface area contributed by atoms with Crippen molar-refractivity contribution >= 4 is 5.82 Å². The maximum Gasteiger partial charge on any atom is 0.130 e. The lowest BCUT2D eigenvalue weighted by Gasteiger charge is -2.32. The van der Waals surface area contributed by atoms with E-state index in [0.717, 1.165) is 38.4 Å². The Hall–Kier alpha value is -1.17. The zero-order chi connectivity index (χ0) is 13.5. The molecule has 0 bridgehead atoms. The number of ether oxygens (including phenoxy) is 1. The molecule has 0 amide bonds. The number of aliphatic hydroxyl groups excluding tert-OH is 1. The summed E-state index contributed by atoms with van der Waals surface area (Å²) >= 11 is 0. The van der Waals surface area contributed by atoms with Gasteiger partial charge in [-0.3, -0.25) is 4.90 Å². The third-order valence-corrected chi connectivity index (χ3v) is 3.25. The smallest absolute Gasteiger partial charge is 0.130 e. The molecule has 106 valence electrons. The molecule has 0 saturated carbocycles. The number of rotatable bonds is 6. The molecule has 0 aliphatic carbocycles. The first-order valence-electron chi connectivity index (χ1n) is 6.96. The average Bonchev–Trinajstić information content (AvgIpc) is 2.46. The summed E-state index contributed by atoms with van der Waals surface area (Å²) in [5.41, 5.74) is 1.20. The summed E-state index contributed by atoms with van der Waals surface area (Å²) in [4.78, 5) is 6.71. The predicted molar refractivity (Wildman–Crippen MR) is 75.1 cm³/mol. The molecule has 2 rings (SSSR count). The molecule has 0 aromatic carbocycles. The Morgan fingerprint density at radius 3 is 3.26 bits per heavy atom. The van der Waals surface area contributed by atoms with E-state index >= 15 is 0 Å². The topological polar surface area (TPSA) is 57.6 Å². The van der Waals surface area contributed by atoms with Crippen LogP contribution in [0.5, 0.6) is 0 Å². The zero-order valence-corrected chi connectivity index (χ0v) is 11.5. The highest BCUT2D eigenvalue weighted by Gasteiger charge is 2.20. The summed E-state index contributed by atoms with van der Waals surface area (Å²) in [5.74, 6) is 0.969. The number of hydrogen-bond donors (Lipinski definition) is 2. The van der Waals surface area contributed by atoms with Crippen molar-refractivity contribution in [3.63, 3.8) is 0 Å². The Labute approximate surface area is 114 Å². The summed E-state index contributed by atoms with van der Waals surface area (Å²) in [5, 5.41) is 12.5. The van der Waals surface area contributed by atoms with Crippen molar-refractivity contribution in [3.05, 3.63) is 23.9 Å². The molecular formula is C14H23N3O2. The van der Waals surface area contributed by atoms with Crippen molar-refractivity contribution in [2.45, 2.75) is 26.0 Å². The fourth-order valence-electron chi connectivity index (χ4n) is 2.24. The number of hydrogen-bond acceptors (Lipinski definition) is 5. The van der Waals surface area contributed by atoms with Gasteiger partial charge >= 0.3 is 0 Å². The van der Waals surface area contributed by atoms with Gasteiger partial charge in [-0.2, -0.15) is 0 Å². The summed E-state index contributed by atoms with van der Waals surface area (Å²) in [7, 11) is 0. The number of nitrogens with one attached hydrogen (secondary N) is 1. The average molecular weight is 265 g/mol. The minimum absolute atomic E-state index is 0.0579. The van der Waals surface area contributed by atoms with Crippen LogP contribution in [0.25, 0.3) is 0 Å². The molecule has 19 heavy (non-hydrogen) atoms. The van der Waals surface area contributed by atoms with Crippen LogP contribution in [0.2, 0.25) is 0 Å². The maximum absolute atomic E-state index is 9.17. The van der Waals surface area contributed by atoms with Gasteiger partial charge in [0.05, 0.1) is 19.3 Å². The lowest BCUT2D eigenvalue weighted by atomic mass is 10.2. The van der Waals surface area contributed by atoms with Crippen LogP contribution in [0.1, 0.15) is 18.9 Å². The maximum atomic E-state index is 9.17. The second kappa shape index (κ2) is 7.43. The van der Waals surface area contributed by atoms with Crippen molar-refractivity contribution in [1.82, 2.24) is 9.88 Å². The summed E-state index contributed by atoms with van der Waals surface area (Å²) in [6, 6.07) is 4.07. The summed E-state index contributed by atoms with van der Waals surface area (Å²) in [6.45, 7) is 6.38. The van der Waals surface area contributed by atoms with Crippen molar-refractivity contribution in [3.8, 4) is 0 Å².